The molecule has 100 valence electrons. The highest BCUT2D eigenvalue weighted by molar-refractivity contribution is 5.54. The highest BCUT2D eigenvalue weighted by atomic mass is 16.1. The summed E-state index contributed by atoms with van der Waals surface area (Å²) in [6.45, 7) is 6.52. The molecule has 1 unspecified atom stereocenters. The van der Waals surface area contributed by atoms with Crippen LogP contribution in [0.5, 0.6) is 0 Å². The van der Waals surface area contributed by atoms with Crippen LogP contribution in [0.2, 0.25) is 0 Å². The van der Waals surface area contributed by atoms with Gasteiger partial charge in [0.2, 0.25) is 0 Å². The summed E-state index contributed by atoms with van der Waals surface area (Å²) < 4.78 is 0. The van der Waals surface area contributed by atoms with Crippen molar-refractivity contribution in [2.45, 2.75) is 59.3 Å². The van der Waals surface area contributed by atoms with Crippen LogP contribution in [-0.4, -0.2) is 6.29 Å². The third-order valence-corrected chi connectivity index (χ3v) is 3.54. The normalized spacial score (nSPS) is 20.3. The molecular weight excluding hydrogens is 220 g/mol. The third kappa shape index (κ3) is 6.00. The van der Waals surface area contributed by atoms with Gasteiger partial charge in [0.25, 0.3) is 0 Å². The minimum atomic E-state index is 0.275. The first-order chi connectivity index (χ1) is 8.61. The van der Waals surface area contributed by atoms with Gasteiger partial charge in [-0.3, -0.25) is 0 Å². The van der Waals surface area contributed by atoms with Crippen molar-refractivity contribution in [1.29, 1.82) is 0 Å². The fraction of sp³-hybridized carbons (Fsp3) is 0.588. The van der Waals surface area contributed by atoms with Crippen LogP contribution in [-0.2, 0) is 4.79 Å². The molecule has 0 amide bonds. The molecule has 0 bridgehead atoms. The average Bonchev–Trinajstić information content (AvgIpc) is 2.36. The molecule has 0 radical (unpaired) electrons. The number of carbonyl (C=O) groups excluding carboxylic acids is 1. The van der Waals surface area contributed by atoms with E-state index >= 15 is 0 Å². The van der Waals surface area contributed by atoms with Gasteiger partial charge >= 0.3 is 0 Å². The monoisotopic (exact) mass is 246 g/mol. The SMILES string of the molecule is CC(C)=CCC/C(C)=C/CC1=CCC(C=O)CC1. The van der Waals surface area contributed by atoms with Crippen LogP contribution < -0.4 is 0 Å². The predicted octanol–water partition coefficient (Wildman–Crippen LogP) is 4.99. The second-order valence-corrected chi connectivity index (χ2v) is 5.61. The number of hydrogen-bond acceptors (Lipinski definition) is 1. The van der Waals surface area contributed by atoms with E-state index in [4.69, 9.17) is 0 Å². The van der Waals surface area contributed by atoms with E-state index in [0.717, 1.165) is 44.8 Å². The number of allylic oxidation sites excluding steroid dienone is 6. The lowest BCUT2D eigenvalue weighted by Gasteiger charge is -2.16. The molecule has 0 saturated carbocycles. The number of rotatable bonds is 6. The molecule has 0 N–H and O–H groups in total. The molecule has 1 heteroatoms. The van der Waals surface area contributed by atoms with Gasteiger partial charge in [0, 0.05) is 5.92 Å². The summed E-state index contributed by atoms with van der Waals surface area (Å²) >= 11 is 0. The van der Waals surface area contributed by atoms with Crippen LogP contribution in [0.4, 0.5) is 0 Å². The van der Waals surface area contributed by atoms with E-state index in [0.29, 0.717) is 0 Å². The molecule has 18 heavy (non-hydrogen) atoms. The van der Waals surface area contributed by atoms with Gasteiger partial charge in [-0.2, -0.15) is 0 Å². The van der Waals surface area contributed by atoms with E-state index in [2.05, 4.69) is 39.0 Å². The predicted molar refractivity (Wildman–Crippen MR) is 78.5 cm³/mol. The zero-order valence-corrected chi connectivity index (χ0v) is 12.0. The molecule has 0 spiro atoms. The Hall–Kier alpha value is -1.11. The highest BCUT2D eigenvalue weighted by Gasteiger charge is 2.12. The third-order valence-electron chi connectivity index (χ3n) is 3.54. The fourth-order valence-electron chi connectivity index (χ4n) is 2.21. The second kappa shape index (κ2) is 8.07. The zero-order chi connectivity index (χ0) is 13.4. The Morgan fingerprint density at radius 2 is 2.11 bits per heavy atom. The second-order valence-electron chi connectivity index (χ2n) is 5.61. The Morgan fingerprint density at radius 3 is 2.67 bits per heavy atom. The van der Waals surface area contributed by atoms with Gasteiger partial charge in [0.05, 0.1) is 0 Å². The summed E-state index contributed by atoms with van der Waals surface area (Å²) in [5, 5.41) is 0. The molecule has 1 nitrogen and oxygen atoms in total. The molecule has 0 aromatic rings. The van der Waals surface area contributed by atoms with Crippen molar-refractivity contribution < 1.29 is 4.79 Å². The minimum Gasteiger partial charge on any atom is -0.303 e. The van der Waals surface area contributed by atoms with E-state index in [1.54, 1.807) is 0 Å². The first kappa shape index (κ1) is 14.9. The van der Waals surface area contributed by atoms with E-state index in [-0.39, 0.29) is 5.92 Å². The van der Waals surface area contributed by atoms with Crippen LogP contribution in [0, 0.1) is 5.92 Å². The van der Waals surface area contributed by atoms with Crippen LogP contribution in [0.15, 0.2) is 34.9 Å². The highest BCUT2D eigenvalue weighted by Crippen LogP contribution is 2.25. The Morgan fingerprint density at radius 1 is 1.33 bits per heavy atom. The van der Waals surface area contributed by atoms with E-state index < -0.39 is 0 Å². The van der Waals surface area contributed by atoms with Crippen molar-refractivity contribution >= 4 is 6.29 Å². The first-order valence-corrected chi connectivity index (χ1v) is 7.04. The Labute approximate surface area is 112 Å². The molecule has 1 aliphatic rings. The standard InChI is InChI=1S/C17H26O/c1-14(2)5-4-6-15(3)7-8-16-9-11-17(13-18)12-10-16/h5,7,9,13,17H,4,6,8,10-12H2,1-3H3/b15-7+. The van der Waals surface area contributed by atoms with Gasteiger partial charge in [0.1, 0.15) is 6.29 Å². The van der Waals surface area contributed by atoms with Gasteiger partial charge in [-0.15, -0.1) is 0 Å². The van der Waals surface area contributed by atoms with Crippen molar-refractivity contribution in [3.63, 3.8) is 0 Å². The van der Waals surface area contributed by atoms with Gasteiger partial charge in [-0.25, -0.2) is 0 Å². The van der Waals surface area contributed by atoms with E-state index in [9.17, 15) is 4.79 Å². The largest absolute Gasteiger partial charge is 0.303 e. The van der Waals surface area contributed by atoms with Crippen molar-refractivity contribution in [1.82, 2.24) is 0 Å². The lowest BCUT2D eigenvalue weighted by Crippen LogP contribution is -2.06. The lowest BCUT2D eigenvalue weighted by atomic mass is 9.89. The average molecular weight is 246 g/mol. The van der Waals surface area contributed by atoms with Crippen molar-refractivity contribution in [3.05, 3.63) is 34.9 Å². The molecule has 0 aromatic heterocycles. The maximum Gasteiger partial charge on any atom is 0.123 e. The Kier molecular flexibility index (Phi) is 6.70. The summed E-state index contributed by atoms with van der Waals surface area (Å²) in [4.78, 5) is 10.7. The smallest absolute Gasteiger partial charge is 0.123 e. The van der Waals surface area contributed by atoms with Crippen LogP contribution in [0.25, 0.3) is 0 Å². The lowest BCUT2D eigenvalue weighted by molar-refractivity contribution is -0.111. The maximum atomic E-state index is 10.7. The first-order valence-electron chi connectivity index (χ1n) is 7.04. The number of hydrogen-bond donors (Lipinski definition) is 0. The van der Waals surface area contributed by atoms with Crippen LogP contribution >= 0.6 is 0 Å². The van der Waals surface area contributed by atoms with Gasteiger partial charge in [-0.1, -0.05) is 34.9 Å². The molecule has 1 rings (SSSR count). The molecular formula is C17H26O. The quantitative estimate of drug-likeness (QED) is 0.476. The van der Waals surface area contributed by atoms with Crippen LogP contribution in [0.1, 0.15) is 59.3 Å². The summed E-state index contributed by atoms with van der Waals surface area (Å²) in [5.74, 6) is 0.275. The molecule has 1 aliphatic carbocycles. The van der Waals surface area contributed by atoms with Crippen molar-refractivity contribution in [3.8, 4) is 0 Å². The minimum absolute atomic E-state index is 0.275. The van der Waals surface area contributed by atoms with Crippen LogP contribution in [0.3, 0.4) is 0 Å². The Balaban J connectivity index is 2.33. The van der Waals surface area contributed by atoms with E-state index in [1.165, 1.54) is 16.7 Å². The summed E-state index contributed by atoms with van der Waals surface area (Å²) in [7, 11) is 0. The van der Waals surface area contributed by atoms with Gasteiger partial charge in [-0.05, 0) is 59.3 Å². The molecule has 0 aromatic carbocycles. The number of aldehydes is 1. The fourth-order valence-corrected chi connectivity index (χ4v) is 2.21. The molecule has 0 saturated heterocycles. The summed E-state index contributed by atoms with van der Waals surface area (Å²) in [5.41, 5.74) is 4.39. The molecule has 0 heterocycles. The zero-order valence-electron chi connectivity index (χ0n) is 12.0. The molecule has 0 aliphatic heterocycles. The topological polar surface area (TPSA) is 17.1 Å². The molecule has 0 fully saturated rings. The number of carbonyl (C=O) groups is 1. The molecule has 1 atom stereocenters. The Bertz CT molecular complexity index is 354. The van der Waals surface area contributed by atoms with E-state index in [1.807, 2.05) is 0 Å². The maximum absolute atomic E-state index is 10.7. The summed E-state index contributed by atoms with van der Waals surface area (Å²) in [6.07, 6.45) is 14.5. The van der Waals surface area contributed by atoms with Gasteiger partial charge < -0.3 is 4.79 Å². The summed E-state index contributed by atoms with van der Waals surface area (Å²) in [6, 6.07) is 0. The van der Waals surface area contributed by atoms with Gasteiger partial charge in [0.15, 0.2) is 0 Å². The van der Waals surface area contributed by atoms with Crippen molar-refractivity contribution in [2.75, 3.05) is 0 Å². The van der Waals surface area contributed by atoms with Crippen molar-refractivity contribution in [2.24, 2.45) is 5.92 Å².